The number of hydrogen-bond acceptors (Lipinski definition) is 2. The summed E-state index contributed by atoms with van der Waals surface area (Å²) in [5, 5.41) is 3.20. The van der Waals surface area contributed by atoms with Crippen LogP contribution in [-0.4, -0.2) is 32.2 Å². The SMILES string of the molecule is [CH2]CCNCN(C)C. The highest BCUT2D eigenvalue weighted by molar-refractivity contribution is 4.45. The molecule has 49 valence electrons. The van der Waals surface area contributed by atoms with E-state index >= 15 is 0 Å². The van der Waals surface area contributed by atoms with E-state index in [9.17, 15) is 0 Å². The Hall–Kier alpha value is -0.0800. The van der Waals surface area contributed by atoms with E-state index in [1.807, 2.05) is 14.1 Å². The summed E-state index contributed by atoms with van der Waals surface area (Å²) < 4.78 is 0. The van der Waals surface area contributed by atoms with Gasteiger partial charge in [0.15, 0.2) is 0 Å². The van der Waals surface area contributed by atoms with Gasteiger partial charge in [-0.25, -0.2) is 0 Å². The van der Waals surface area contributed by atoms with Crippen LogP contribution in [0.3, 0.4) is 0 Å². The zero-order valence-corrected chi connectivity index (χ0v) is 5.78. The summed E-state index contributed by atoms with van der Waals surface area (Å²) in [6, 6.07) is 0. The molecule has 0 unspecified atom stereocenters. The molecule has 0 rings (SSSR count). The first-order valence-electron chi connectivity index (χ1n) is 2.92. The second kappa shape index (κ2) is 5.06. The fraction of sp³-hybridized carbons (Fsp3) is 0.833. The Bertz CT molecular complexity index is 43.8. The Morgan fingerprint density at radius 3 is 2.50 bits per heavy atom. The van der Waals surface area contributed by atoms with Crippen molar-refractivity contribution in [1.82, 2.24) is 10.2 Å². The summed E-state index contributed by atoms with van der Waals surface area (Å²) in [4.78, 5) is 2.09. The maximum atomic E-state index is 3.70. The standard InChI is InChI=1S/C6H15N2/c1-4-5-7-6-8(2)3/h7H,1,4-6H2,2-3H3. The molecule has 1 radical (unpaired) electrons. The van der Waals surface area contributed by atoms with Gasteiger partial charge in [0.2, 0.25) is 0 Å². The zero-order valence-electron chi connectivity index (χ0n) is 5.78. The van der Waals surface area contributed by atoms with Crippen LogP contribution in [-0.2, 0) is 0 Å². The van der Waals surface area contributed by atoms with Crippen molar-refractivity contribution in [1.29, 1.82) is 0 Å². The maximum absolute atomic E-state index is 3.70. The van der Waals surface area contributed by atoms with Crippen molar-refractivity contribution < 1.29 is 0 Å². The number of nitrogens with one attached hydrogen (secondary N) is 1. The third-order valence-electron chi connectivity index (χ3n) is 0.782. The maximum Gasteiger partial charge on any atom is 0.0474 e. The Kier molecular flexibility index (Phi) is 5.01. The van der Waals surface area contributed by atoms with Gasteiger partial charge in [0.1, 0.15) is 0 Å². The quantitative estimate of drug-likeness (QED) is 0.419. The van der Waals surface area contributed by atoms with Crippen molar-refractivity contribution in [3.8, 4) is 0 Å². The lowest BCUT2D eigenvalue weighted by Gasteiger charge is -2.08. The summed E-state index contributed by atoms with van der Waals surface area (Å²) in [6.07, 6.45) is 0.966. The van der Waals surface area contributed by atoms with Gasteiger partial charge in [0.25, 0.3) is 0 Å². The molecule has 0 saturated carbocycles. The van der Waals surface area contributed by atoms with E-state index in [0.29, 0.717) is 0 Å². The van der Waals surface area contributed by atoms with E-state index < -0.39 is 0 Å². The van der Waals surface area contributed by atoms with Crippen molar-refractivity contribution in [2.75, 3.05) is 27.3 Å². The predicted octanol–water partition coefficient (Wildman–Crippen LogP) is 0.319. The van der Waals surface area contributed by atoms with Gasteiger partial charge in [-0.1, -0.05) is 6.92 Å². The lowest BCUT2D eigenvalue weighted by Crippen LogP contribution is -2.28. The average Bonchev–Trinajstić information content (AvgIpc) is 1.66. The van der Waals surface area contributed by atoms with E-state index in [1.165, 1.54) is 0 Å². The second-order valence-electron chi connectivity index (χ2n) is 2.09. The summed E-state index contributed by atoms with van der Waals surface area (Å²) in [5.41, 5.74) is 0. The molecule has 0 amide bonds. The Morgan fingerprint density at radius 1 is 1.50 bits per heavy atom. The van der Waals surface area contributed by atoms with Crippen LogP contribution in [0.5, 0.6) is 0 Å². The molecule has 0 atom stereocenters. The van der Waals surface area contributed by atoms with Gasteiger partial charge in [0.05, 0.1) is 0 Å². The van der Waals surface area contributed by atoms with E-state index in [-0.39, 0.29) is 0 Å². The third-order valence-corrected chi connectivity index (χ3v) is 0.782. The zero-order chi connectivity index (χ0) is 6.41. The third kappa shape index (κ3) is 5.92. The second-order valence-corrected chi connectivity index (χ2v) is 2.09. The first-order valence-corrected chi connectivity index (χ1v) is 2.92. The van der Waals surface area contributed by atoms with Crippen LogP contribution in [0, 0.1) is 6.92 Å². The van der Waals surface area contributed by atoms with Gasteiger partial charge < -0.3 is 5.32 Å². The minimum absolute atomic E-state index is 0.954. The Balaban J connectivity index is 2.72. The first-order chi connectivity index (χ1) is 3.77. The molecule has 0 aromatic heterocycles. The Morgan fingerprint density at radius 2 is 2.12 bits per heavy atom. The molecule has 8 heavy (non-hydrogen) atoms. The fourth-order valence-corrected chi connectivity index (χ4v) is 0.428. The molecule has 0 aliphatic rings. The van der Waals surface area contributed by atoms with Gasteiger partial charge in [0, 0.05) is 6.67 Å². The molecule has 0 aliphatic carbocycles. The van der Waals surface area contributed by atoms with Crippen LogP contribution in [0.1, 0.15) is 6.42 Å². The fourth-order valence-electron chi connectivity index (χ4n) is 0.428. The van der Waals surface area contributed by atoms with Crippen molar-refractivity contribution in [2.24, 2.45) is 0 Å². The molecule has 0 spiro atoms. The number of rotatable bonds is 4. The van der Waals surface area contributed by atoms with Crippen LogP contribution in [0.2, 0.25) is 0 Å². The summed E-state index contributed by atoms with van der Waals surface area (Å²) in [5.74, 6) is 0. The molecule has 0 aliphatic heterocycles. The Labute approximate surface area is 51.9 Å². The highest BCUT2D eigenvalue weighted by Gasteiger charge is 1.83. The molecular formula is C6H15N2. The molecule has 0 heterocycles. The predicted molar refractivity (Wildman–Crippen MR) is 36.5 cm³/mol. The minimum Gasteiger partial charge on any atom is -0.304 e. The average molecular weight is 115 g/mol. The van der Waals surface area contributed by atoms with Gasteiger partial charge in [-0.2, -0.15) is 0 Å². The molecular weight excluding hydrogens is 100 g/mol. The summed E-state index contributed by atoms with van der Waals surface area (Å²) >= 11 is 0. The monoisotopic (exact) mass is 115 g/mol. The van der Waals surface area contributed by atoms with E-state index in [4.69, 9.17) is 0 Å². The van der Waals surface area contributed by atoms with E-state index in [1.54, 1.807) is 0 Å². The number of nitrogens with zero attached hydrogens (tertiary/aromatic N) is 1. The van der Waals surface area contributed by atoms with Gasteiger partial charge in [-0.3, -0.25) is 4.90 Å². The van der Waals surface area contributed by atoms with E-state index in [2.05, 4.69) is 17.1 Å². The van der Waals surface area contributed by atoms with Crippen molar-refractivity contribution in [2.45, 2.75) is 6.42 Å². The summed E-state index contributed by atoms with van der Waals surface area (Å²) in [7, 11) is 4.08. The molecule has 2 heteroatoms. The lowest BCUT2D eigenvalue weighted by atomic mass is 10.5. The minimum atomic E-state index is 0.954. The highest BCUT2D eigenvalue weighted by atomic mass is 15.2. The normalized spacial score (nSPS) is 10.5. The molecule has 2 nitrogen and oxygen atoms in total. The van der Waals surface area contributed by atoms with Crippen LogP contribution >= 0.6 is 0 Å². The molecule has 0 saturated heterocycles. The molecule has 0 aromatic carbocycles. The first kappa shape index (κ1) is 7.92. The van der Waals surface area contributed by atoms with Crippen LogP contribution < -0.4 is 5.32 Å². The van der Waals surface area contributed by atoms with Crippen molar-refractivity contribution >= 4 is 0 Å². The van der Waals surface area contributed by atoms with Gasteiger partial charge in [-0.05, 0) is 27.1 Å². The van der Waals surface area contributed by atoms with Crippen LogP contribution in [0.25, 0.3) is 0 Å². The van der Waals surface area contributed by atoms with Crippen LogP contribution in [0.4, 0.5) is 0 Å². The molecule has 0 fully saturated rings. The van der Waals surface area contributed by atoms with Gasteiger partial charge >= 0.3 is 0 Å². The van der Waals surface area contributed by atoms with Crippen molar-refractivity contribution in [3.63, 3.8) is 0 Å². The topological polar surface area (TPSA) is 15.3 Å². The smallest absolute Gasteiger partial charge is 0.0474 e. The number of hydrogen-bond donors (Lipinski definition) is 1. The molecule has 1 N–H and O–H groups in total. The van der Waals surface area contributed by atoms with E-state index in [0.717, 1.165) is 19.6 Å². The largest absolute Gasteiger partial charge is 0.304 e. The van der Waals surface area contributed by atoms with Crippen molar-refractivity contribution in [3.05, 3.63) is 6.92 Å². The highest BCUT2D eigenvalue weighted by Crippen LogP contribution is 1.70. The van der Waals surface area contributed by atoms with Gasteiger partial charge in [-0.15, -0.1) is 0 Å². The van der Waals surface area contributed by atoms with Crippen LogP contribution in [0.15, 0.2) is 0 Å². The molecule has 0 bridgehead atoms. The lowest BCUT2D eigenvalue weighted by molar-refractivity contribution is 0.370. The summed E-state index contributed by atoms with van der Waals surface area (Å²) in [6.45, 7) is 5.67. The molecule has 0 aromatic rings.